The van der Waals surface area contributed by atoms with Gasteiger partial charge in [0.1, 0.15) is 12.1 Å². The van der Waals surface area contributed by atoms with Crippen molar-refractivity contribution >= 4 is 49.8 Å². The molecule has 1 fully saturated rings. The van der Waals surface area contributed by atoms with Crippen LogP contribution in [0.1, 0.15) is 0 Å². The third-order valence-electron chi connectivity index (χ3n) is 5.00. The third kappa shape index (κ3) is 3.48. The highest BCUT2D eigenvalue weighted by Gasteiger charge is 2.19. The Morgan fingerprint density at radius 2 is 1.90 bits per heavy atom. The van der Waals surface area contributed by atoms with Gasteiger partial charge in [0.2, 0.25) is 0 Å². The quantitative estimate of drug-likeness (QED) is 0.474. The van der Waals surface area contributed by atoms with Crippen LogP contribution in [-0.2, 0) is 4.74 Å². The molecule has 8 heteroatoms. The molecule has 146 valence electrons. The van der Waals surface area contributed by atoms with Crippen LogP contribution in [0.25, 0.3) is 32.7 Å². The molecule has 4 aromatic rings. The van der Waals surface area contributed by atoms with Gasteiger partial charge in [-0.15, -0.1) is 11.3 Å². The fourth-order valence-corrected chi connectivity index (χ4v) is 5.10. The van der Waals surface area contributed by atoms with Gasteiger partial charge in [-0.2, -0.15) is 0 Å². The number of pyridine rings is 1. The molecule has 1 aliphatic heterocycles. The summed E-state index contributed by atoms with van der Waals surface area (Å²) in [6, 6.07) is 12.5. The molecule has 5 rings (SSSR count). The van der Waals surface area contributed by atoms with Crippen molar-refractivity contribution in [2.75, 3.05) is 36.9 Å². The molecular formula is C21H18BrN5OS. The number of ether oxygens (including phenoxy) is 1. The van der Waals surface area contributed by atoms with Crippen LogP contribution in [0.5, 0.6) is 0 Å². The summed E-state index contributed by atoms with van der Waals surface area (Å²) in [6.07, 6.45) is 1.47. The van der Waals surface area contributed by atoms with Crippen LogP contribution in [0, 0.1) is 0 Å². The van der Waals surface area contributed by atoms with Gasteiger partial charge in [-0.05, 0) is 34.1 Å². The molecule has 6 nitrogen and oxygen atoms in total. The first kappa shape index (κ1) is 18.5. The number of hydrogen-bond donors (Lipinski definition) is 1. The number of nitrogen functional groups attached to an aromatic ring is 1. The molecule has 0 saturated carbocycles. The number of hydrogen-bond acceptors (Lipinski definition) is 7. The first-order chi connectivity index (χ1) is 14.2. The molecule has 3 aromatic heterocycles. The number of para-hydroxylation sites is 1. The van der Waals surface area contributed by atoms with Crippen molar-refractivity contribution in [2.24, 2.45) is 0 Å². The van der Waals surface area contributed by atoms with E-state index in [1.165, 1.54) is 6.33 Å². The Labute approximate surface area is 180 Å². The topological polar surface area (TPSA) is 77.2 Å². The van der Waals surface area contributed by atoms with Gasteiger partial charge in [0.15, 0.2) is 5.65 Å². The number of benzene rings is 1. The van der Waals surface area contributed by atoms with Crippen molar-refractivity contribution in [1.82, 2.24) is 15.0 Å². The maximum Gasteiger partial charge on any atom is 0.165 e. The zero-order valence-corrected chi connectivity index (χ0v) is 17.9. The average molecular weight is 468 g/mol. The smallest absolute Gasteiger partial charge is 0.165 e. The molecule has 0 spiro atoms. The lowest BCUT2D eigenvalue weighted by Gasteiger charge is -2.30. The van der Waals surface area contributed by atoms with Crippen molar-refractivity contribution < 1.29 is 4.74 Å². The average Bonchev–Trinajstić information content (AvgIpc) is 3.20. The van der Waals surface area contributed by atoms with Gasteiger partial charge >= 0.3 is 0 Å². The lowest BCUT2D eigenvalue weighted by molar-refractivity contribution is 0.123. The summed E-state index contributed by atoms with van der Waals surface area (Å²) < 4.78 is 6.56. The first-order valence-corrected chi connectivity index (χ1v) is 11.0. The van der Waals surface area contributed by atoms with Gasteiger partial charge in [0.05, 0.1) is 24.3 Å². The number of nitrogens with zero attached hydrogens (tertiary/aromatic N) is 4. The third-order valence-corrected chi connectivity index (χ3v) is 6.72. The van der Waals surface area contributed by atoms with E-state index < -0.39 is 0 Å². The molecule has 1 aromatic carbocycles. The van der Waals surface area contributed by atoms with Crippen LogP contribution in [0.15, 0.2) is 52.6 Å². The van der Waals surface area contributed by atoms with E-state index in [1.807, 2.05) is 6.07 Å². The maximum absolute atomic E-state index is 6.22. The SMILES string of the molecule is Nc1ncnc2nc(-c3ccccc3N3CCOCC3)cc(-c3cc(Br)cs3)c12. The van der Waals surface area contributed by atoms with E-state index in [9.17, 15) is 0 Å². The van der Waals surface area contributed by atoms with Gasteiger partial charge < -0.3 is 15.4 Å². The van der Waals surface area contributed by atoms with Crippen molar-refractivity contribution in [3.05, 3.63) is 52.6 Å². The second kappa shape index (κ2) is 7.70. The number of fused-ring (bicyclic) bond motifs is 1. The van der Waals surface area contributed by atoms with E-state index in [0.717, 1.165) is 63.5 Å². The van der Waals surface area contributed by atoms with Crippen LogP contribution in [0.4, 0.5) is 11.5 Å². The summed E-state index contributed by atoms with van der Waals surface area (Å²) in [5, 5.41) is 2.84. The Balaban J connectivity index is 1.73. The number of thiophene rings is 1. The van der Waals surface area contributed by atoms with Crippen LogP contribution < -0.4 is 10.6 Å². The summed E-state index contributed by atoms with van der Waals surface area (Å²) in [6.45, 7) is 3.20. The van der Waals surface area contributed by atoms with E-state index in [2.05, 4.69) is 66.5 Å². The number of rotatable bonds is 3. The van der Waals surface area contributed by atoms with Crippen LogP contribution in [-0.4, -0.2) is 41.3 Å². The van der Waals surface area contributed by atoms with E-state index in [4.69, 9.17) is 15.5 Å². The van der Waals surface area contributed by atoms with Crippen molar-refractivity contribution in [3.8, 4) is 21.7 Å². The summed E-state index contributed by atoms with van der Waals surface area (Å²) in [5.74, 6) is 0.440. The predicted octanol–water partition coefficient (Wildman–Crippen LogP) is 4.60. The normalized spacial score (nSPS) is 14.4. The fraction of sp³-hybridized carbons (Fsp3) is 0.190. The molecule has 0 aliphatic carbocycles. The maximum atomic E-state index is 6.22. The number of halogens is 1. The zero-order valence-electron chi connectivity index (χ0n) is 15.5. The first-order valence-electron chi connectivity index (χ1n) is 9.28. The highest BCUT2D eigenvalue weighted by molar-refractivity contribution is 9.10. The number of morpholine rings is 1. The van der Waals surface area contributed by atoms with E-state index >= 15 is 0 Å². The minimum absolute atomic E-state index is 0.440. The minimum atomic E-state index is 0.440. The Hall–Kier alpha value is -2.55. The monoisotopic (exact) mass is 467 g/mol. The lowest BCUT2D eigenvalue weighted by atomic mass is 10.0. The standard InChI is InChI=1S/C21H18BrN5OS/c22-13-9-18(29-11-13)15-10-16(26-21-19(15)20(23)24-12-25-21)14-3-1-2-4-17(14)27-5-7-28-8-6-27/h1-4,9-12H,5-8H2,(H2,23,24,25,26). The molecule has 29 heavy (non-hydrogen) atoms. The Morgan fingerprint density at radius 1 is 1.07 bits per heavy atom. The number of nitrogens with two attached hydrogens (primary N) is 1. The van der Waals surface area contributed by atoms with Crippen LogP contribution in [0.3, 0.4) is 0 Å². The number of aromatic nitrogens is 3. The molecule has 0 atom stereocenters. The molecule has 0 amide bonds. The fourth-order valence-electron chi connectivity index (χ4n) is 3.64. The molecule has 1 aliphatic rings. The van der Waals surface area contributed by atoms with Crippen LogP contribution >= 0.6 is 27.3 Å². The summed E-state index contributed by atoms with van der Waals surface area (Å²) in [4.78, 5) is 16.9. The van der Waals surface area contributed by atoms with Crippen molar-refractivity contribution in [3.63, 3.8) is 0 Å². The molecule has 4 heterocycles. The number of anilines is 2. The zero-order chi connectivity index (χ0) is 19.8. The second-order valence-corrected chi connectivity index (χ2v) is 8.59. The van der Waals surface area contributed by atoms with Gasteiger partial charge in [0, 0.05) is 44.6 Å². The minimum Gasteiger partial charge on any atom is -0.383 e. The van der Waals surface area contributed by atoms with E-state index in [-0.39, 0.29) is 0 Å². The predicted molar refractivity (Wildman–Crippen MR) is 121 cm³/mol. The Bertz CT molecular complexity index is 1190. The summed E-state index contributed by atoms with van der Waals surface area (Å²) in [5.41, 5.74) is 10.9. The van der Waals surface area contributed by atoms with E-state index in [0.29, 0.717) is 11.5 Å². The van der Waals surface area contributed by atoms with Gasteiger partial charge in [-0.25, -0.2) is 15.0 Å². The summed E-state index contributed by atoms with van der Waals surface area (Å²) >= 11 is 5.20. The Kier molecular flexibility index (Phi) is 4.91. The van der Waals surface area contributed by atoms with E-state index in [1.54, 1.807) is 11.3 Å². The molecular weight excluding hydrogens is 450 g/mol. The highest BCUT2D eigenvalue weighted by atomic mass is 79.9. The lowest BCUT2D eigenvalue weighted by Crippen LogP contribution is -2.36. The van der Waals surface area contributed by atoms with Gasteiger partial charge in [0.25, 0.3) is 0 Å². The van der Waals surface area contributed by atoms with Crippen LogP contribution in [0.2, 0.25) is 0 Å². The highest BCUT2D eigenvalue weighted by Crippen LogP contribution is 2.39. The molecule has 0 radical (unpaired) electrons. The second-order valence-electron chi connectivity index (χ2n) is 6.76. The molecule has 0 unspecified atom stereocenters. The Morgan fingerprint density at radius 3 is 2.69 bits per heavy atom. The summed E-state index contributed by atoms with van der Waals surface area (Å²) in [7, 11) is 0. The molecule has 1 saturated heterocycles. The van der Waals surface area contributed by atoms with Gasteiger partial charge in [-0.1, -0.05) is 18.2 Å². The van der Waals surface area contributed by atoms with Crippen molar-refractivity contribution in [1.29, 1.82) is 0 Å². The van der Waals surface area contributed by atoms with Crippen molar-refractivity contribution in [2.45, 2.75) is 0 Å². The molecule has 0 bridgehead atoms. The van der Waals surface area contributed by atoms with Gasteiger partial charge in [-0.3, -0.25) is 0 Å². The molecule has 2 N–H and O–H groups in total. The largest absolute Gasteiger partial charge is 0.383 e.